The minimum atomic E-state index is -0.798. The van der Waals surface area contributed by atoms with Gasteiger partial charge in [0.1, 0.15) is 5.75 Å². The van der Waals surface area contributed by atoms with Gasteiger partial charge in [0.05, 0.1) is 13.5 Å². The molecule has 2 N–H and O–H groups in total. The van der Waals surface area contributed by atoms with E-state index in [1.807, 2.05) is 25.1 Å². The first-order valence-electron chi connectivity index (χ1n) is 4.74. The number of carboxylic acids is 1. The van der Waals surface area contributed by atoms with Crippen molar-refractivity contribution in [2.75, 3.05) is 19.0 Å². The topological polar surface area (TPSA) is 58.6 Å². The molecule has 1 aromatic rings. The molecule has 0 aliphatic heterocycles. The second-order valence-corrected chi connectivity index (χ2v) is 3.25. The van der Waals surface area contributed by atoms with Gasteiger partial charge in [0.15, 0.2) is 0 Å². The van der Waals surface area contributed by atoms with Gasteiger partial charge in [0.2, 0.25) is 0 Å². The van der Waals surface area contributed by atoms with E-state index in [0.29, 0.717) is 6.54 Å². The third-order valence-corrected chi connectivity index (χ3v) is 2.09. The number of hydrogen-bond donors (Lipinski definition) is 2. The molecule has 4 heteroatoms. The number of carbonyl (C=O) groups is 1. The standard InChI is InChI=1S/C11H15NO3/c1-8-7-9(15-2)3-4-10(8)12-6-5-11(13)14/h3-4,7,12H,5-6H2,1-2H3,(H,13,14). The summed E-state index contributed by atoms with van der Waals surface area (Å²) in [7, 11) is 1.62. The van der Waals surface area contributed by atoms with E-state index in [0.717, 1.165) is 17.0 Å². The van der Waals surface area contributed by atoms with E-state index < -0.39 is 5.97 Å². The molecular formula is C11H15NO3. The molecule has 15 heavy (non-hydrogen) atoms. The number of anilines is 1. The summed E-state index contributed by atoms with van der Waals surface area (Å²) in [6, 6.07) is 5.63. The van der Waals surface area contributed by atoms with Crippen LogP contribution < -0.4 is 10.1 Å². The van der Waals surface area contributed by atoms with Gasteiger partial charge in [-0.25, -0.2) is 0 Å². The smallest absolute Gasteiger partial charge is 0.305 e. The lowest BCUT2D eigenvalue weighted by atomic mass is 10.2. The van der Waals surface area contributed by atoms with Crippen molar-refractivity contribution in [1.82, 2.24) is 0 Å². The molecule has 0 aliphatic rings. The molecule has 0 saturated carbocycles. The van der Waals surface area contributed by atoms with Crippen LogP contribution in [0.5, 0.6) is 5.75 Å². The van der Waals surface area contributed by atoms with E-state index in [1.54, 1.807) is 7.11 Å². The Labute approximate surface area is 88.9 Å². The highest BCUT2D eigenvalue weighted by molar-refractivity contribution is 5.67. The summed E-state index contributed by atoms with van der Waals surface area (Å²) in [4.78, 5) is 10.3. The van der Waals surface area contributed by atoms with Gasteiger partial charge in [-0.05, 0) is 30.7 Å². The summed E-state index contributed by atoms with van der Waals surface area (Å²) >= 11 is 0. The summed E-state index contributed by atoms with van der Waals surface area (Å²) in [5.74, 6) is 0.00458. The van der Waals surface area contributed by atoms with Gasteiger partial charge in [-0.1, -0.05) is 0 Å². The van der Waals surface area contributed by atoms with Gasteiger partial charge in [-0.2, -0.15) is 0 Å². The van der Waals surface area contributed by atoms with Crippen LogP contribution in [0.25, 0.3) is 0 Å². The maximum absolute atomic E-state index is 10.3. The van der Waals surface area contributed by atoms with Gasteiger partial charge >= 0.3 is 5.97 Å². The molecular weight excluding hydrogens is 194 g/mol. The largest absolute Gasteiger partial charge is 0.497 e. The molecule has 0 aromatic heterocycles. The average molecular weight is 209 g/mol. The van der Waals surface area contributed by atoms with Crippen molar-refractivity contribution in [3.05, 3.63) is 23.8 Å². The van der Waals surface area contributed by atoms with Gasteiger partial charge < -0.3 is 15.2 Å². The number of aryl methyl sites for hydroxylation is 1. The Kier molecular flexibility index (Phi) is 3.97. The monoisotopic (exact) mass is 209 g/mol. The maximum Gasteiger partial charge on any atom is 0.305 e. The van der Waals surface area contributed by atoms with E-state index in [4.69, 9.17) is 9.84 Å². The van der Waals surface area contributed by atoms with Crippen molar-refractivity contribution in [2.24, 2.45) is 0 Å². The van der Waals surface area contributed by atoms with Crippen LogP contribution in [0.4, 0.5) is 5.69 Å². The summed E-state index contributed by atoms with van der Waals surface area (Å²) < 4.78 is 5.07. The van der Waals surface area contributed by atoms with E-state index in [9.17, 15) is 4.79 Å². The Hall–Kier alpha value is -1.71. The van der Waals surface area contributed by atoms with Crippen LogP contribution in [0.3, 0.4) is 0 Å². The lowest BCUT2D eigenvalue weighted by molar-refractivity contribution is -0.136. The summed E-state index contributed by atoms with van der Waals surface area (Å²) in [5.41, 5.74) is 1.98. The number of ether oxygens (including phenoxy) is 1. The molecule has 0 bridgehead atoms. The fraction of sp³-hybridized carbons (Fsp3) is 0.364. The molecule has 4 nitrogen and oxygen atoms in total. The van der Waals surface area contributed by atoms with Crippen LogP contribution in [0.2, 0.25) is 0 Å². The van der Waals surface area contributed by atoms with Crippen molar-refractivity contribution in [3.8, 4) is 5.75 Å². The van der Waals surface area contributed by atoms with Crippen molar-refractivity contribution in [3.63, 3.8) is 0 Å². The molecule has 0 heterocycles. The normalized spacial score (nSPS) is 9.73. The molecule has 0 saturated heterocycles. The third kappa shape index (κ3) is 3.50. The number of hydrogen-bond acceptors (Lipinski definition) is 3. The van der Waals surface area contributed by atoms with Crippen LogP contribution in [0, 0.1) is 6.92 Å². The zero-order valence-electron chi connectivity index (χ0n) is 8.91. The Bertz CT molecular complexity index is 350. The minimum absolute atomic E-state index is 0.117. The molecule has 0 unspecified atom stereocenters. The van der Waals surface area contributed by atoms with Crippen LogP contribution in [0.15, 0.2) is 18.2 Å². The third-order valence-electron chi connectivity index (χ3n) is 2.09. The highest BCUT2D eigenvalue weighted by atomic mass is 16.5. The molecule has 0 amide bonds. The number of methoxy groups -OCH3 is 1. The second-order valence-electron chi connectivity index (χ2n) is 3.25. The second kappa shape index (κ2) is 5.24. The van der Waals surface area contributed by atoms with Crippen molar-refractivity contribution >= 4 is 11.7 Å². The molecule has 1 aromatic carbocycles. The maximum atomic E-state index is 10.3. The highest BCUT2D eigenvalue weighted by Gasteiger charge is 2.01. The van der Waals surface area contributed by atoms with Crippen LogP contribution in [-0.2, 0) is 4.79 Å². The molecule has 0 radical (unpaired) electrons. The summed E-state index contributed by atoms with van der Waals surface area (Å²) in [6.07, 6.45) is 0.117. The Morgan fingerprint density at radius 1 is 1.53 bits per heavy atom. The fourth-order valence-electron chi connectivity index (χ4n) is 1.27. The summed E-state index contributed by atoms with van der Waals surface area (Å²) in [5, 5.41) is 11.5. The molecule has 1 rings (SSSR count). The minimum Gasteiger partial charge on any atom is -0.497 e. The van der Waals surface area contributed by atoms with Gasteiger partial charge in [0.25, 0.3) is 0 Å². The van der Waals surface area contributed by atoms with E-state index in [2.05, 4.69) is 5.32 Å². The highest BCUT2D eigenvalue weighted by Crippen LogP contribution is 2.20. The molecule has 82 valence electrons. The fourth-order valence-corrected chi connectivity index (χ4v) is 1.27. The predicted molar refractivity (Wildman–Crippen MR) is 58.5 cm³/mol. The zero-order chi connectivity index (χ0) is 11.3. The number of rotatable bonds is 5. The molecule has 0 spiro atoms. The molecule has 0 aliphatic carbocycles. The number of benzene rings is 1. The van der Waals surface area contributed by atoms with E-state index in [1.165, 1.54) is 0 Å². The first-order valence-corrected chi connectivity index (χ1v) is 4.74. The van der Waals surface area contributed by atoms with Crippen molar-refractivity contribution in [2.45, 2.75) is 13.3 Å². The van der Waals surface area contributed by atoms with Crippen molar-refractivity contribution in [1.29, 1.82) is 0 Å². The Morgan fingerprint density at radius 2 is 2.27 bits per heavy atom. The molecule has 0 fully saturated rings. The van der Waals surface area contributed by atoms with E-state index in [-0.39, 0.29) is 6.42 Å². The van der Waals surface area contributed by atoms with Crippen LogP contribution >= 0.6 is 0 Å². The van der Waals surface area contributed by atoms with Crippen LogP contribution in [-0.4, -0.2) is 24.7 Å². The van der Waals surface area contributed by atoms with E-state index >= 15 is 0 Å². The average Bonchev–Trinajstić information content (AvgIpc) is 2.20. The predicted octanol–water partition coefficient (Wildman–Crippen LogP) is 1.89. The Morgan fingerprint density at radius 3 is 2.80 bits per heavy atom. The summed E-state index contributed by atoms with van der Waals surface area (Å²) in [6.45, 7) is 2.38. The number of nitrogens with one attached hydrogen (secondary N) is 1. The van der Waals surface area contributed by atoms with Gasteiger partial charge in [-0.15, -0.1) is 0 Å². The number of aliphatic carboxylic acids is 1. The lowest BCUT2D eigenvalue weighted by Crippen LogP contribution is -2.08. The first-order chi connectivity index (χ1) is 7.13. The zero-order valence-corrected chi connectivity index (χ0v) is 8.91. The first kappa shape index (κ1) is 11.4. The Balaban J connectivity index is 2.58. The van der Waals surface area contributed by atoms with Crippen molar-refractivity contribution < 1.29 is 14.6 Å². The van der Waals surface area contributed by atoms with Gasteiger partial charge in [-0.3, -0.25) is 4.79 Å². The number of carboxylic acid groups (broad SMARTS) is 1. The lowest BCUT2D eigenvalue weighted by Gasteiger charge is -2.09. The van der Waals surface area contributed by atoms with Gasteiger partial charge in [0, 0.05) is 12.2 Å². The quantitative estimate of drug-likeness (QED) is 0.777. The molecule has 0 atom stereocenters. The SMILES string of the molecule is COc1ccc(NCCC(=O)O)c(C)c1. The van der Waals surface area contributed by atoms with Crippen LogP contribution in [0.1, 0.15) is 12.0 Å².